The van der Waals surface area contributed by atoms with Gasteiger partial charge in [-0.2, -0.15) is 0 Å². The molecule has 6 aromatic carbocycles. The Morgan fingerprint density at radius 3 is 1.56 bits per heavy atom. The first-order valence-corrected chi connectivity index (χ1v) is 14.7. The highest BCUT2D eigenvalue weighted by molar-refractivity contribution is 6.31. The molecule has 0 aliphatic heterocycles. The number of rotatable bonds is 5. The van der Waals surface area contributed by atoms with Crippen molar-refractivity contribution in [2.45, 2.75) is 13.8 Å². The van der Waals surface area contributed by atoms with Crippen LogP contribution >= 0.6 is 11.6 Å². The van der Waals surface area contributed by atoms with Gasteiger partial charge in [-0.05, 0) is 76.2 Å². The second-order valence-electron chi connectivity index (χ2n) is 10.7. The Balaban J connectivity index is 1.43. The molecule has 3 nitrogen and oxygen atoms in total. The van der Waals surface area contributed by atoms with Gasteiger partial charge in [0.15, 0.2) is 17.5 Å². The molecule has 0 atom stereocenters. The molecule has 0 bridgehead atoms. The summed E-state index contributed by atoms with van der Waals surface area (Å²) in [5.41, 5.74) is 9.81. The third-order valence-electron chi connectivity index (χ3n) is 7.82. The van der Waals surface area contributed by atoms with Crippen molar-refractivity contribution in [3.63, 3.8) is 0 Å². The number of nitrogens with zero attached hydrogens (tertiary/aromatic N) is 3. The van der Waals surface area contributed by atoms with Crippen molar-refractivity contribution in [3.05, 3.63) is 150 Å². The maximum atomic E-state index is 6.83. The summed E-state index contributed by atoms with van der Waals surface area (Å²) in [6.07, 6.45) is 0. The quantitative estimate of drug-likeness (QED) is 0.205. The molecule has 0 aliphatic rings. The minimum absolute atomic E-state index is 0.578. The summed E-state index contributed by atoms with van der Waals surface area (Å²) >= 11 is 6.83. The average Bonchev–Trinajstić information content (AvgIpc) is 3.05. The van der Waals surface area contributed by atoms with Crippen LogP contribution in [0.15, 0.2) is 133 Å². The Morgan fingerprint density at radius 2 is 0.930 bits per heavy atom. The van der Waals surface area contributed by atoms with Crippen molar-refractivity contribution >= 4 is 22.4 Å². The lowest BCUT2D eigenvalue weighted by Crippen LogP contribution is -2.00. The SMILES string of the molecule is Cc1ccccc1-c1c(C)cc(-c2cc(Cl)cc(-c3nc(-c4ccccc4)nc(-c4ccccc4)n3)c2)c2ccccc12. The molecule has 206 valence electrons. The molecule has 0 radical (unpaired) electrons. The Morgan fingerprint density at radius 1 is 0.419 bits per heavy atom. The number of hydrogen-bond acceptors (Lipinski definition) is 3. The molecule has 0 N–H and O–H groups in total. The van der Waals surface area contributed by atoms with Gasteiger partial charge in [-0.3, -0.25) is 0 Å². The Labute approximate surface area is 256 Å². The maximum Gasteiger partial charge on any atom is 0.164 e. The summed E-state index contributed by atoms with van der Waals surface area (Å²) in [6, 6.07) is 45.6. The summed E-state index contributed by atoms with van der Waals surface area (Å²) in [5, 5.41) is 3.01. The van der Waals surface area contributed by atoms with E-state index in [0.29, 0.717) is 22.5 Å². The van der Waals surface area contributed by atoms with Crippen LogP contribution in [0.4, 0.5) is 0 Å². The molecule has 0 saturated carbocycles. The molecule has 0 unspecified atom stereocenters. The zero-order valence-corrected chi connectivity index (χ0v) is 24.7. The summed E-state index contributed by atoms with van der Waals surface area (Å²) < 4.78 is 0. The zero-order valence-electron chi connectivity index (χ0n) is 23.9. The van der Waals surface area contributed by atoms with Crippen molar-refractivity contribution in [2.24, 2.45) is 0 Å². The van der Waals surface area contributed by atoms with Gasteiger partial charge in [-0.25, -0.2) is 15.0 Å². The van der Waals surface area contributed by atoms with Crippen molar-refractivity contribution < 1.29 is 0 Å². The molecule has 0 aliphatic carbocycles. The van der Waals surface area contributed by atoms with Gasteiger partial charge in [0, 0.05) is 21.7 Å². The lowest BCUT2D eigenvalue weighted by molar-refractivity contribution is 1.07. The largest absolute Gasteiger partial charge is 0.208 e. The van der Waals surface area contributed by atoms with E-state index in [-0.39, 0.29) is 0 Å². The lowest BCUT2D eigenvalue weighted by Gasteiger charge is -2.17. The third kappa shape index (κ3) is 5.20. The van der Waals surface area contributed by atoms with E-state index in [4.69, 9.17) is 26.6 Å². The minimum atomic E-state index is 0.578. The predicted octanol–water partition coefficient (Wildman–Crippen LogP) is 10.6. The first-order chi connectivity index (χ1) is 21.0. The Bertz CT molecular complexity index is 2050. The van der Waals surface area contributed by atoms with E-state index in [1.165, 1.54) is 33.0 Å². The van der Waals surface area contributed by atoms with Crippen LogP contribution in [0.25, 0.3) is 67.2 Å². The van der Waals surface area contributed by atoms with Gasteiger partial charge in [0.05, 0.1) is 0 Å². The van der Waals surface area contributed by atoms with Gasteiger partial charge >= 0.3 is 0 Å². The number of aryl methyl sites for hydroxylation is 2. The monoisotopic (exact) mass is 573 g/mol. The van der Waals surface area contributed by atoms with E-state index in [2.05, 4.69) is 74.5 Å². The molecular weight excluding hydrogens is 546 g/mol. The molecule has 4 heteroatoms. The van der Waals surface area contributed by atoms with Crippen LogP contribution in [0.1, 0.15) is 11.1 Å². The molecule has 0 spiro atoms. The van der Waals surface area contributed by atoms with Crippen LogP contribution in [-0.4, -0.2) is 15.0 Å². The number of aromatic nitrogens is 3. The Kier molecular flexibility index (Phi) is 7.02. The number of halogens is 1. The molecule has 1 aromatic heterocycles. The molecule has 1 heterocycles. The smallest absolute Gasteiger partial charge is 0.164 e. The van der Waals surface area contributed by atoms with Crippen molar-refractivity contribution in [1.29, 1.82) is 0 Å². The molecule has 7 rings (SSSR count). The highest BCUT2D eigenvalue weighted by atomic mass is 35.5. The second kappa shape index (κ2) is 11.3. The zero-order chi connectivity index (χ0) is 29.3. The molecular formula is C39H28ClN3. The van der Waals surface area contributed by atoms with E-state index in [1.807, 2.05) is 72.8 Å². The summed E-state index contributed by atoms with van der Waals surface area (Å²) in [6.45, 7) is 4.36. The molecule has 7 aromatic rings. The maximum absolute atomic E-state index is 6.83. The van der Waals surface area contributed by atoms with Crippen molar-refractivity contribution in [1.82, 2.24) is 15.0 Å². The summed E-state index contributed by atoms with van der Waals surface area (Å²) in [5.74, 6) is 1.82. The van der Waals surface area contributed by atoms with Gasteiger partial charge < -0.3 is 0 Å². The molecule has 0 amide bonds. The standard InChI is InChI=1S/C39H28ClN3/c1-25-13-9-10-18-32(25)36-26(2)21-35(33-19-11-12-20-34(33)36)29-22-30(24-31(40)23-29)39-42-37(27-14-5-3-6-15-27)41-38(43-39)28-16-7-4-8-17-28/h3-24H,1-2H3. The van der Waals surface area contributed by atoms with Gasteiger partial charge in [0.1, 0.15) is 0 Å². The fraction of sp³-hybridized carbons (Fsp3) is 0.0513. The normalized spacial score (nSPS) is 11.1. The highest BCUT2D eigenvalue weighted by Crippen LogP contribution is 2.41. The fourth-order valence-corrected chi connectivity index (χ4v) is 6.01. The number of fused-ring (bicyclic) bond motifs is 1. The van der Waals surface area contributed by atoms with Crippen LogP contribution in [0.2, 0.25) is 5.02 Å². The summed E-state index contributed by atoms with van der Waals surface area (Å²) in [4.78, 5) is 14.7. The van der Waals surface area contributed by atoms with E-state index >= 15 is 0 Å². The third-order valence-corrected chi connectivity index (χ3v) is 8.04. The average molecular weight is 574 g/mol. The second-order valence-corrected chi connectivity index (χ2v) is 11.2. The van der Waals surface area contributed by atoms with Gasteiger partial charge in [-0.1, -0.05) is 127 Å². The highest BCUT2D eigenvalue weighted by Gasteiger charge is 2.17. The first-order valence-electron chi connectivity index (χ1n) is 14.3. The first kappa shape index (κ1) is 26.8. The van der Waals surface area contributed by atoms with Crippen LogP contribution in [0.5, 0.6) is 0 Å². The van der Waals surface area contributed by atoms with E-state index in [1.54, 1.807) is 0 Å². The fourth-order valence-electron chi connectivity index (χ4n) is 5.78. The Hall–Kier alpha value is -5.12. The van der Waals surface area contributed by atoms with Crippen LogP contribution in [-0.2, 0) is 0 Å². The lowest BCUT2D eigenvalue weighted by atomic mass is 9.87. The van der Waals surface area contributed by atoms with Gasteiger partial charge in [-0.15, -0.1) is 0 Å². The number of hydrogen-bond donors (Lipinski definition) is 0. The van der Waals surface area contributed by atoms with Gasteiger partial charge in [0.2, 0.25) is 0 Å². The summed E-state index contributed by atoms with van der Waals surface area (Å²) in [7, 11) is 0. The molecule has 0 fully saturated rings. The van der Waals surface area contributed by atoms with Gasteiger partial charge in [0.25, 0.3) is 0 Å². The number of benzene rings is 6. The van der Waals surface area contributed by atoms with Crippen LogP contribution in [0, 0.1) is 13.8 Å². The molecule has 43 heavy (non-hydrogen) atoms. The topological polar surface area (TPSA) is 38.7 Å². The van der Waals surface area contributed by atoms with Crippen molar-refractivity contribution in [3.8, 4) is 56.4 Å². The predicted molar refractivity (Wildman–Crippen MR) is 179 cm³/mol. The van der Waals surface area contributed by atoms with E-state index in [0.717, 1.165) is 27.8 Å². The minimum Gasteiger partial charge on any atom is -0.208 e. The van der Waals surface area contributed by atoms with Crippen LogP contribution in [0.3, 0.4) is 0 Å². The van der Waals surface area contributed by atoms with Crippen molar-refractivity contribution in [2.75, 3.05) is 0 Å². The van der Waals surface area contributed by atoms with E-state index in [9.17, 15) is 0 Å². The van der Waals surface area contributed by atoms with Crippen LogP contribution < -0.4 is 0 Å². The van der Waals surface area contributed by atoms with E-state index < -0.39 is 0 Å². The molecule has 0 saturated heterocycles.